The molecular weight excluding hydrogens is 340 g/mol. The molecule has 1 aliphatic carbocycles. The summed E-state index contributed by atoms with van der Waals surface area (Å²) >= 11 is 0. The number of benzene rings is 1. The highest BCUT2D eigenvalue weighted by atomic mass is 16.6. The molecule has 1 aromatic rings. The van der Waals surface area contributed by atoms with Crippen LogP contribution in [0.5, 0.6) is 0 Å². The molecule has 2 amide bonds. The third-order valence-electron chi connectivity index (χ3n) is 4.47. The topological polar surface area (TPSA) is 105 Å². The molecule has 26 heavy (non-hydrogen) atoms. The Labute approximate surface area is 151 Å². The maximum absolute atomic E-state index is 12.7. The molecule has 1 heterocycles. The van der Waals surface area contributed by atoms with Gasteiger partial charge < -0.3 is 19.9 Å². The van der Waals surface area contributed by atoms with E-state index in [2.05, 4.69) is 5.32 Å². The minimum Gasteiger partial charge on any atom is -0.450 e. The Morgan fingerprint density at radius 1 is 1.23 bits per heavy atom. The summed E-state index contributed by atoms with van der Waals surface area (Å²) in [4.78, 5) is 38.4. The molecular formula is C17H22N4O5. The van der Waals surface area contributed by atoms with Gasteiger partial charge in [0.15, 0.2) is 0 Å². The first-order valence-electron chi connectivity index (χ1n) is 8.75. The van der Waals surface area contributed by atoms with Crippen molar-refractivity contribution in [2.24, 2.45) is 0 Å². The Hall–Kier alpha value is -2.84. The second-order valence-electron chi connectivity index (χ2n) is 6.39. The Kier molecular flexibility index (Phi) is 5.24. The van der Waals surface area contributed by atoms with Crippen LogP contribution in [0.4, 0.5) is 16.2 Å². The molecule has 0 aromatic heterocycles. The van der Waals surface area contributed by atoms with E-state index in [0.29, 0.717) is 38.5 Å². The van der Waals surface area contributed by atoms with Gasteiger partial charge in [0.2, 0.25) is 0 Å². The van der Waals surface area contributed by atoms with Gasteiger partial charge in [0, 0.05) is 43.9 Å². The van der Waals surface area contributed by atoms with Crippen molar-refractivity contribution in [3.63, 3.8) is 0 Å². The van der Waals surface area contributed by atoms with Crippen molar-refractivity contribution in [3.8, 4) is 0 Å². The van der Waals surface area contributed by atoms with Crippen molar-refractivity contribution < 1.29 is 19.2 Å². The van der Waals surface area contributed by atoms with E-state index in [9.17, 15) is 19.7 Å². The van der Waals surface area contributed by atoms with Crippen molar-refractivity contribution in [3.05, 3.63) is 33.9 Å². The number of hydrogen-bond donors (Lipinski definition) is 1. The number of nitro groups is 1. The molecule has 1 aliphatic heterocycles. The molecule has 140 valence electrons. The molecule has 3 rings (SSSR count). The van der Waals surface area contributed by atoms with Crippen LogP contribution in [0, 0.1) is 10.1 Å². The van der Waals surface area contributed by atoms with Gasteiger partial charge in [0.25, 0.3) is 11.6 Å². The fourth-order valence-electron chi connectivity index (χ4n) is 2.87. The van der Waals surface area contributed by atoms with Crippen LogP contribution < -0.4 is 5.32 Å². The second-order valence-corrected chi connectivity index (χ2v) is 6.39. The average molecular weight is 362 g/mol. The Morgan fingerprint density at radius 2 is 1.88 bits per heavy atom. The largest absolute Gasteiger partial charge is 0.450 e. The first-order chi connectivity index (χ1) is 12.5. The van der Waals surface area contributed by atoms with Gasteiger partial charge in [-0.05, 0) is 31.9 Å². The highest BCUT2D eigenvalue weighted by Crippen LogP contribution is 2.31. The molecule has 0 unspecified atom stereocenters. The lowest BCUT2D eigenvalue weighted by atomic mass is 10.1. The first kappa shape index (κ1) is 18.0. The van der Waals surface area contributed by atoms with Crippen LogP contribution in [0.25, 0.3) is 0 Å². The highest BCUT2D eigenvalue weighted by molar-refractivity contribution is 5.96. The lowest BCUT2D eigenvalue weighted by Crippen LogP contribution is -2.50. The molecule has 1 aromatic carbocycles. The number of carbonyl (C=O) groups excluding carboxylic acids is 2. The van der Waals surface area contributed by atoms with Crippen LogP contribution in [-0.4, -0.2) is 65.6 Å². The van der Waals surface area contributed by atoms with E-state index in [1.165, 1.54) is 6.07 Å². The van der Waals surface area contributed by atoms with Gasteiger partial charge in [0.1, 0.15) is 5.69 Å². The van der Waals surface area contributed by atoms with Crippen LogP contribution in [0.15, 0.2) is 18.2 Å². The number of piperazine rings is 1. The third kappa shape index (κ3) is 4.04. The number of amides is 2. The van der Waals surface area contributed by atoms with Gasteiger partial charge in [-0.15, -0.1) is 0 Å². The van der Waals surface area contributed by atoms with E-state index in [4.69, 9.17) is 4.74 Å². The summed E-state index contributed by atoms with van der Waals surface area (Å²) in [6, 6.07) is 4.81. The Morgan fingerprint density at radius 3 is 2.46 bits per heavy atom. The molecule has 0 atom stereocenters. The van der Waals surface area contributed by atoms with Gasteiger partial charge >= 0.3 is 6.09 Å². The normalized spacial score (nSPS) is 17.0. The maximum Gasteiger partial charge on any atom is 0.409 e. The van der Waals surface area contributed by atoms with Crippen LogP contribution in [0.2, 0.25) is 0 Å². The third-order valence-corrected chi connectivity index (χ3v) is 4.47. The van der Waals surface area contributed by atoms with Crippen LogP contribution in [0.1, 0.15) is 30.1 Å². The molecule has 2 fully saturated rings. The lowest BCUT2D eigenvalue weighted by molar-refractivity contribution is -0.384. The van der Waals surface area contributed by atoms with Gasteiger partial charge in [0.05, 0.1) is 11.5 Å². The number of nitrogens with zero attached hydrogens (tertiary/aromatic N) is 3. The van der Waals surface area contributed by atoms with Crippen LogP contribution >= 0.6 is 0 Å². The monoisotopic (exact) mass is 362 g/mol. The molecule has 0 spiro atoms. The lowest BCUT2D eigenvalue weighted by Gasteiger charge is -2.34. The molecule has 9 heteroatoms. The molecule has 1 saturated carbocycles. The van der Waals surface area contributed by atoms with Gasteiger partial charge in [-0.1, -0.05) is 0 Å². The fraction of sp³-hybridized carbons (Fsp3) is 0.529. The van der Waals surface area contributed by atoms with E-state index in [1.54, 1.807) is 28.9 Å². The van der Waals surface area contributed by atoms with Crippen molar-refractivity contribution in [1.29, 1.82) is 0 Å². The first-order valence-corrected chi connectivity index (χ1v) is 8.75. The molecule has 9 nitrogen and oxygen atoms in total. The van der Waals surface area contributed by atoms with Crippen molar-refractivity contribution in [2.75, 3.05) is 38.1 Å². The van der Waals surface area contributed by atoms with E-state index in [1.807, 2.05) is 0 Å². The Bertz CT molecular complexity index is 711. The number of carbonyl (C=O) groups is 2. The summed E-state index contributed by atoms with van der Waals surface area (Å²) < 4.78 is 4.96. The zero-order chi connectivity index (χ0) is 18.7. The van der Waals surface area contributed by atoms with E-state index in [0.717, 1.165) is 12.8 Å². The average Bonchev–Trinajstić information content (AvgIpc) is 3.45. The van der Waals surface area contributed by atoms with Crippen molar-refractivity contribution in [2.45, 2.75) is 25.8 Å². The molecule has 0 bridgehead atoms. The summed E-state index contributed by atoms with van der Waals surface area (Å²) in [7, 11) is 0. The molecule has 0 radical (unpaired) electrons. The number of hydrogen-bond acceptors (Lipinski definition) is 6. The summed E-state index contributed by atoms with van der Waals surface area (Å²) in [5, 5.41) is 14.5. The minimum atomic E-state index is -0.472. The van der Waals surface area contributed by atoms with Gasteiger partial charge in [-0.25, -0.2) is 4.79 Å². The number of rotatable bonds is 5. The van der Waals surface area contributed by atoms with Gasteiger partial charge in [-0.2, -0.15) is 0 Å². The van der Waals surface area contributed by atoms with Crippen molar-refractivity contribution >= 4 is 23.4 Å². The zero-order valence-corrected chi connectivity index (χ0v) is 14.6. The standard InChI is InChI=1S/C17H22N4O5/c1-2-26-17(23)20-9-7-19(8-10-20)16(22)12-3-6-14(18-13-4-5-13)15(11-12)21(24)25/h3,6,11,13,18H,2,4-5,7-10H2,1H3. The molecule has 2 aliphatic rings. The SMILES string of the molecule is CCOC(=O)N1CCN(C(=O)c2ccc(NC3CC3)c([N+](=O)[O-])c2)CC1. The smallest absolute Gasteiger partial charge is 0.409 e. The number of ether oxygens (including phenoxy) is 1. The number of nitrogens with one attached hydrogen (secondary N) is 1. The van der Waals surface area contributed by atoms with Gasteiger partial charge in [-0.3, -0.25) is 14.9 Å². The van der Waals surface area contributed by atoms with E-state index >= 15 is 0 Å². The maximum atomic E-state index is 12.7. The van der Waals surface area contributed by atoms with E-state index in [-0.39, 0.29) is 29.3 Å². The zero-order valence-electron chi connectivity index (χ0n) is 14.6. The number of anilines is 1. The fourth-order valence-corrected chi connectivity index (χ4v) is 2.87. The Balaban J connectivity index is 1.67. The summed E-state index contributed by atoms with van der Waals surface area (Å²) in [5.74, 6) is -0.269. The van der Waals surface area contributed by atoms with Crippen molar-refractivity contribution in [1.82, 2.24) is 9.80 Å². The van der Waals surface area contributed by atoms with E-state index < -0.39 is 4.92 Å². The van der Waals surface area contributed by atoms with Crippen LogP contribution in [0.3, 0.4) is 0 Å². The number of nitro benzene ring substituents is 1. The summed E-state index contributed by atoms with van der Waals surface area (Å²) in [6.07, 6.45) is 1.62. The predicted molar refractivity (Wildman–Crippen MR) is 94.2 cm³/mol. The molecule has 1 saturated heterocycles. The predicted octanol–water partition coefficient (Wildman–Crippen LogP) is 2.08. The summed E-state index contributed by atoms with van der Waals surface area (Å²) in [5.41, 5.74) is 0.636. The second kappa shape index (κ2) is 7.59. The van der Waals surface area contributed by atoms with Crippen LogP contribution in [-0.2, 0) is 4.74 Å². The quantitative estimate of drug-likeness (QED) is 0.635. The summed E-state index contributed by atoms with van der Waals surface area (Å²) in [6.45, 7) is 3.55. The highest BCUT2D eigenvalue weighted by Gasteiger charge is 2.28. The molecule has 1 N–H and O–H groups in total. The minimum absolute atomic E-state index is 0.0899.